The molecule has 0 atom stereocenters. The lowest BCUT2D eigenvalue weighted by Crippen LogP contribution is -2.19. The molecular formula is C23H22N4OS. The molecule has 0 unspecified atom stereocenters. The molecule has 0 spiro atoms. The number of carbonyl (C=O) groups is 1. The van der Waals surface area contributed by atoms with E-state index in [4.69, 9.17) is 0 Å². The van der Waals surface area contributed by atoms with Crippen LogP contribution in [-0.4, -0.2) is 21.6 Å². The number of amides is 1. The maximum atomic E-state index is 12.4. The van der Waals surface area contributed by atoms with Gasteiger partial charge in [0.1, 0.15) is 0 Å². The van der Waals surface area contributed by atoms with Crippen LogP contribution in [0, 0.1) is 13.8 Å². The number of hydrazone groups is 1. The Labute approximate surface area is 174 Å². The minimum atomic E-state index is -0.196. The minimum Gasteiger partial charge on any atom is -0.267 e. The van der Waals surface area contributed by atoms with Gasteiger partial charge < -0.3 is 0 Å². The van der Waals surface area contributed by atoms with Crippen LogP contribution in [0.4, 0.5) is 0 Å². The zero-order chi connectivity index (χ0) is 20.2. The quantitative estimate of drug-likeness (QED) is 0.389. The number of fused-ring (bicyclic) bond motifs is 1. The molecular weight excluding hydrogens is 380 g/mol. The van der Waals surface area contributed by atoms with Crippen molar-refractivity contribution in [1.82, 2.24) is 15.4 Å². The van der Waals surface area contributed by atoms with Crippen molar-refractivity contribution in [3.05, 3.63) is 88.2 Å². The lowest BCUT2D eigenvalue weighted by Gasteiger charge is -2.05. The van der Waals surface area contributed by atoms with Crippen molar-refractivity contribution in [2.24, 2.45) is 5.10 Å². The molecule has 0 fully saturated rings. The van der Waals surface area contributed by atoms with Crippen molar-refractivity contribution < 1.29 is 4.79 Å². The van der Waals surface area contributed by atoms with E-state index in [-0.39, 0.29) is 5.91 Å². The van der Waals surface area contributed by atoms with Crippen LogP contribution in [0.3, 0.4) is 0 Å². The van der Waals surface area contributed by atoms with Crippen LogP contribution in [0.25, 0.3) is 0 Å². The van der Waals surface area contributed by atoms with Crippen LogP contribution in [-0.2, 0) is 12.2 Å². The van der Waals surface area contributed by atoms with Crippen LogP contribution in [0.5, 0.6) is 0 Å². The normalized spacial score (nSPS) is 14.1. The fourth-order valence-corrected chi connectivity index (χ4v) is 4.27. The number of hydrogen-bond donors (Lipinski definition) is 1. The van der Waals surface area contributed by atoms with Gasteiger partial charge in [-0.3, -0.25) is 4.79 Å². The number of benzene rings is 2. The molecule has 1 aliphatic carbocycles. The number of thioether (sulfide) groups is 1. The molecule has 0 saturated carbocycles. The van der Waals surface area contributed by atoms with Gasteiger partial charge in [0.05, 0.1) is 5.71 Å². The summed E-state index contributed by atoms with van der Waals surface area (Å²) in [7, 11) is 0. The summed E-state index contributed by atoms with van der Waals surface area (Å²) in [6.07, 6.45) is 1.83. The molecule has 0 saturated heterocycles. The molecule has 5 nitrogen and oxygen atoms in total. The summed E-state index contributed by atoms with van der Waals surface area (Å²) in [5, 5.41) is 5.13. The van der Waals surface area contributed by atoms with Crippen molar-refractivity contribution >= 4 is 23.4 Å². The Morgan fingerprint density at radius 1 is 1.03 bits per heavy atom. The maximum Gasteiger partial charge on any atom is 0.271 e. The van der Waals surface area contributed by atoms with Crippen LogP contribution in [0.15, 0.2) is 64.9 Å². The van der Waals surface area contributed by atoms with Gasteiger partial charge in [0.2, 0.25) is 0 Å². The lowest BCUT2D eigenvalue weighted by molar-refractivity contribution is 0.0955. The van der Waals surface area contributed by atoms with Gasteiger partial charge in [0.15, 0.2) is 5.16 Å². The molecule has 2 aromatic carbocycles. The van der Waals surface area contributed by atoms with Gasteiger partial charge in [-0.05, 0) is 56.0 Å². The predicted molar refractivity (Wildman–Crippen MR) is 116 cm³/mol. The SMILES string of the molecule is Cc1cc(C)nc(SCc2ccc(C(=O)N/N=C3\CCc4ccccc43)cc2)n1. The highest BCUT2D eigenvalue weighted by Gasteiger charge is 2.17. The molecule has 1 aromatic heterocycles. The largest absolute Gasteiger partial charge is 0.271 e. The zero-order valence-corrected chi connectivity index (χ0v) is 17.3. The average Bonchev–Trinajstić information content (AvgIpc) is 3.13. The van der Waals surface area contributed by atoms with E-state index in [0.717, 1.165) is 52.0 Å². The van der Waals surface area contributed by atoms with E-state index >= 15 is 0 Å². The Kier molecular flexibility index (Phi) is 5.71. The molecule has 0 radical (unpaired) electrons. The molecule has 3 aromatic rings. The fraction of sp³-hybridized carbons (Fsp3) is 0.217. The first-order valence-corrected chi connectivity index (χ1v) is 10.6. The maximum absolute atomic E-state index is 12.4. The molecule has 1 heterocycles. The van der Waals surface area contributed by atoms with Crippen LogP contribution < -0.4 is 5.43 Å². The molecule has 29 heavy (non-hydrogen) atoms. The van der Waals surface area contributed by atoms with Gasteiger partial charge in [-0.1, -0.05) is 48.2 Å². The third-order valence-corrected chi connectivity index (χ3v) is 5.72. The lowest BCUT2D eigenvalue weighted by atomic mass is 10.1. The second kappa shape index (κ2) is 8.57. The minimum absolute atomic E-state index is 0.196. The Hall–Kier alpha value is -2.99. The monoisotopic (exact) mass is 402 g/mol. The van der Waals surface area contributed by atoms with Gasteiger partial charge in [0, 0.05) is 28.3 Å². The van der Waals surface area contributed by atoms with E-state index in [9.17, 15) is 4.79 Å². The number of rotatable bonds is 5. The second-order valence-corrected chi connectivity index (χ2v) is 8.02. The molecule has 1 amide bonds. The van der Waals surface area contributed by atoms with E-state index in [1.165, 1.54) is 5.56 Å². The summed E-state index contributed by atoms with van der Waals surface area (Å²) < 4.78 is 0. The van der Waals surface area contributed by atoms with Gasteiger partial charge in [-0.25, -0.2) is 15.4 Å². The zero-order valence-electron chi connectivity index (χ0n) is 16.5. The summed E-state index contributed by atoms with van der Waals surface area (Å²) in [6, 6.07) is 17.7. The summed E-state index contributed by atoms with van der Waals surface area (Å²) in [4.78, 5) is 21.3. The van der Waals surface area contributed by atoms with E-state index in [2.05, 4.69) is 32.6 Å². The highest BCUT2D eigenvalue weighted by molar-refractivity contribution is 7.98. The standard InChI is InChI=1S/C23H22N4OS/c1-15-13-16(2)25-23(24-15)29-14-17-7-9-19(10-8-17)22(28)27-26-21-12-11-18-5-3-4-6-20(18)21/h3-10,13H,11-12,14H2,1-2H3,(H,27,28)/b26-21+. The molecule has 0 bridgehead atoms. The Bertz CT molecular complexity index is 1060. The van der Waals surface area contributed by atoms with E-state index in [0.29, 0.717) is 5.56 Å². The number of nitrogens with one attached hydrogen (secondary N) is 1. The van der Waals surface area contributed by atoms with Crippen LogP contribution in [0.1, 0.15) is 44.9 Å². The Morgan fingerprint density at radius 2 is 1.76 bits per heavy atom. The number of hydrogen-bond acceptors (Lipinski definition) is 5. The molecule has 1 N–H and O–H groups in total. The van der Waals surface area contributed by atoms with E-state index < -0.39 is 0 Å². The van der Waals surface area contributed by atoms with Crippen molar-refractivity contribution in [1.29, 1.82) is 0 Å². The van der Waals surface area contributed by atoms with E-state index in [1.807, 2.05) is 56.3 Å². The number of nitrogens with zero attached hydrogens (tertiary/aromatic N) is 3. The molecule has 4 rings (SSSR count). The topological polar surface area (TPSA) is 67.2 Å². The van der Waals surface area contributed by atoms with Crippen molar-refractivity contribution in [2.75, 3.05) is 0 Å². The molecule has 6 heteroatoms. The predicted octanol–water partition coefficient (Wildman–Crippen LogP) is 4.47. The smallest absolute Gasteiger partial charge is 0.267 e. The van der Waals surface area contributed by atoms with Gasteiger partial charge in [-0.15, -0.1) is 0 Å². The second-order valence-electron chi connectivity index (χ2n) is 7.08. The van der Waals surface area contributed by atoms with Gasteiger partial charge in [-0.2, -0.15) is 5.10 Å². The summed E-state index contributed by atoms with van der Waals surface area (Å²) in [5.41, 5.74) is 9.71. The number of carbonyl (C=O) groups excluding carboxylic acids is 1. The summed E-state index contributed by atoms with van der Waals surface area (Å²) in [6.45, 7) is 3.94. The van der Waals surface area contributed by atoms with Gasteiger partial charge >= 0.3 is 0 Å². The van der Waals surface area contributed by atoms with Crippen molar-refractivity contribution in [2.45, 2.75) is 37.6 Å². The fourth-order valence-electron chi connectivity index (χ4n) is 3.36. The third kappa shape index (κ3) is 4.71. The highest BCUT2D eigenvalue weighted by atomic mass is 32.2. The average molecular weight is 403 g/mol. The van der Waals surface area contributed by atoms with Crippen molar-refractivity contribution in [3.63, 3.8) is 0 Å². The van der Waals surface area contributed by atoms with Gasteiger partial charge in [0.25, 0.3) is 5.91 Å². The third-order valence-electron chi connectivity index (χ3n) is 4.80. The summed E-state index contributed by atoms with van der Waals surface area (Å²) >= 11 is 1.59. The first kappa shape index (κ1) is 19.3. The first-order valence-electron chi connectivity index (χ1n) is 9.58. The Balaban J connectivity index is 1.36. The summed E-state index contributed by atoms with van der Waals surface area (Å²) in [5.74, 6) is 0.558. The first-order chi connectivity index (χ1) is 14.1. The highest BCUT2D eigenvalue weighted by Crippen LogP contribution is 2.22. The Morgan fingerprint density at radius 3 is 2.52 bits per heavy atom. The van der Waals surface area contributed by atoms with Crippen molar-refractivity contribution in [3.8, 4) is 0 Å². The number of aryl methyl sites for hydroxylation is 3. The van der Waals surface area contributed by atoms with Crippen LogP contribution >= 0.6 is 11.8 Å². The van der Waals surface area contributed by atoms with Crippen LogP contribution in [0.2, 0.25) is 0 Å². The molecule has 0 aliphatic heterocycles. The molecule has 146 valence electrons. The van der Waals surface area contributed by atoms with E-state index in [1.54, 1.807) is 11.8 Å². The molecule has 1 aliphatic rings. The number of aromatic nitrogens is 2.